The van der Waals surface area contributed by atoms with Crippen molar-refractivity contribution in [1.82, 2.24) is 10.6 Å². The molecule has 0 radical (unpaired) electrons. The average molecular weight is 456 g/mol. The van der Waals surface area contributed by atoms with Gasteiger partial charge in [0.15, 0.2) is 0 Å². The minimum Gasteiger partial charge on any atom is -0.352 e. The largest absolute Gasteiger partial charge is 0.352 e. The molecule has 0 spiro atoms. The SMILES string of the molecule is CCNC(=O)c1cccc(CNC(=O)c2ccc3c(c2)C(=O)N(c2cc(C)ccc2C)C3=O)c1. The third-order valence-electron chi connectivity index (χ3n) is 5.73. The van der Waals surface area contributed by atoms with E-state index in [0.29, 0.717) is 17.8 Å². The van der Waals surface area contributed by atoms with Crippen LogP contribution in [0, 0.1) is 13.8 Å². The topological polar surface area (TPSA) is 95.6 Å². The van der Waals surface area contributed by atoms with Gasteiger partial charge in [0, 0.05) is 24.2 Å². The molecule has 172 valence electrons. The van der Waals surface area contributed by atoms with Crippen molar-refractivity contribution in [1.29, 1.82) is 0 Å². The second kappa shape index (κ2) is 9.31. The number of anilines is 1. The number of nitrogens with zero attached hydrogens (tertiary/aromatic N) is 1. The summed E-state index contributed by atoms with van der Waals surface area (Å²) in [5, 5.41) is 5.55. The quantitative estimate of drug-likeness (QED) is 0.553. The molecule has 0 aromatic heterocycles. The van der Waals surface area contributed by atoms with Gasteiger partial charge >= 0.3 is 0 Å². The Morgan fingerprint density at radius 2 is 1.50 bits per heavy atom. The summed E-state index contributed by atoms with van der Waals surface area (Å²) in [7, 11) is 0. The van der Waals surface area contributed by atoms with Crippen molar-refractivity contribution in [2.75, 3.05) is 11.4 Å². The first-order valence-electron chi connectivity index (χ1n) is 11.1. The Balaban J connectivity index is 1.52. The van der Waals surface area contributed by atoms with Crippen LogP contribution in [0.25, 0.3) is 0 Å². The fourth-order valence-corrected chi connectivity index (χ4v) is 3.93. The van der Waals surface area contributed by atoms with Crippen molar-refractivity contribution in [3.8, 4) is 0 Å². The molecule has 3 aromatic rings. The van der Waals surface area contributed by atoms with Crippen LogP contribution in [0.3, 0.4) is 0 Å². The standard InChI is InChI=1S/C27H25N3O4/c1-4-28-24(31)19-7-5-6-18(13-19)15-29-25(32)20-10-11-21-22(14-20)27(34)30(26(21)33)23-12-16(2)8-9-17(23)3/h5-14H,4,15H2,1-3H3,(H,28,31)(H,29,32). The molecular formula is C27H25N3O4. The third kappa shape index (κ3) is 4.32. The number of carbonyl (C=O) groups excluding carboxylic acids is 4. The monoisotopic (exact) mass is 455 g/mol. The van der Waals surface area contributed by atoms with E-state index in [1.807, 2.05) is 39.0 Å². The number of aryl methyl sites for hydroxylation is 2. The smallest absolute Gasteiger partial charge is 0.266 e. The second-order valence-electron chi connectivity index (χ2n) is 8.24. The van der Waals surface area contributed by atoms with E-state index >= 15 is 0 Å². The third-order valence-corrected chi connectivity index (χ3v) is 5.73. The van der Waals surface area contributed by atoms with E-state index in [1.54, 1.807) is 24.3 Å². The molecule has 34 heavy (non-hydrogen) atoms. The van der Waals surface area contributed by atoms with Gasteiger partial charge in [-0.1, -0.05) is 24.3 Å². The lowest BCUT2D eigenvalue weighted by molar-refractivity contribution is 0.0920. The van der Waals surface area contributed by atoms with Gasteiger partial charge in [0.25, 0.3) is 23.6 Å². The lowest BCUT2D eigenvalue weighted by Gasteiger charge is -2.17. The predicted molar refractivity (Wildman–Crippen MR) is 129 cm³/mol. The zero-order valence-electron chi connectivity index (χ0n) is 19.3. The number of amides is 4. The molecule has 0 saturated carbocycles. The highest BCUT2D eigenvalue weighted by Crippen LogP contribution is 2.31. The van der Waals surface area contributed by atoms with E-state index in [-0.39, 0.29) is 35.0 Å². The minimum atomic E-state index is -0.446. The van der Waals surface area contributed by atoms with Crippen molar-refractivity contribution in [3.63, 3.8) is 0 Å². The first-order valence-corrected chi connectivity index (χ1v) is 11.1. The molecule has 0 bridgehead atoms. The number of carbonyl (C=O) groups is 4. The number of hydrogen-bond acceptors (Lipinski definition) is 4. The van der Waals surface area contributed by atoms with Crippen LogP contribution in [0.1, 0.15) is 65.0 Å². The molecule has 7 nitrogen and oxygen atoms in total. The number of hydrogen-bond donors (Lipinski definition) is 2. The molecule has 0 fully saturated rings. The molecule has 0 aliphatic carbocycles. The maximum absolute atomic E-state index is 13.1. The molecule has 7 heteroatoms. The summed E-state index contributed by atoms with van der Waals surface area (Å²) in [6, 6.07) is 17.1. The van der Waals surface area contributed by atoms with Crippen LogP contribution in [0.15, 0.2) is 60.7 Å². The molecule has 3 aromatic carbocycles. The highest BCUT2D eigenvalue weighted by atomic mass is 16.2. The van der Waals surface area contributed by atoms with Crippen molar-refractivity contribution in [2.24, 2.45) is 0 Å². The number of fused-ring (bicyclic) bond motifs is 1. The summed E-state index contributed by atoms with van der Waals surface area (Å²) in [6.07, 6.45) is 0. The fourth-order valence-electron chi connectivity index (χ4n) is 3.93. The van der Waals surface area contributed by atoms with Gasteiger partial charge in [0.2, 0.25) is 0 Å². The summed E-state index contributed by atoms with van der Waals surface area (Å²) >= 11 is 0. The zero-order valence-corrected chi connectivity index (χ0v) is 19.3. The van der Waals surface area contributed by atoms with Crippen molar-refractivity contribution in [2.45, 2.75) is 27.3 Å². The first kappa shape index (κ1) is 22.9. The van der Waals surface area contributed by atoms with Crippen LogP contribution in [-0.4, -0.2) is 30.2 Å². The Bertz CT molecular complexity index is 1330. The Morgan fingerprint density at radius 1 is 0.794 bits per heavy atom. The predicted octanol–water partition coefficient (Wildman–Crippen LogP) is 3.78. The van der Waals surface area contributed by atoms with E-state index < -0.39 is 11.8 Å². The van der Waals surface area contributed by atoms with Gasteiger partial charge in [-0.25, -0.2) is 4.90 Å². The molecule has 4 rings (SSSR count). The summed E-state index contributed by atoms with van der Waals surface area (Å²) in [6.45, 7) is 6.33. The molecular weight excluding hydrogens is 430 g/mol. The number of rotatable bonds is 6. The van der Waals surface area contributed by atoms with Gasteiger partial charge in [-0.15, -0.1) is 0 Å². The number of imide groups is 1. The van der Waals surface area contributed by atoms with E-state index in [1.165, 1.54) is 23.1 Å². The molecule has 1 aliphatic heterocycles. The van der Waals surface area contributed by atoms with Crippen LogP contribution in [-0.2, 0) is 6.54 Å². The summed E-state index contributed by atoms with van der Waals surface area (Å²) in [5.74, 6) is -1.40. The molecule has 1 heterocycles. The van der Waals surface area contributed by atoms with Gasteiger partial charge < -0.3 is 10.6 Å². The normalized spacial score (nSPS) is 12.5. The molecule has 4 amide bonds. The van der Waals surface area contributed by atoms with Gasteiger partial charge in [-0.2, -0.15) is 0 Å². The second-order valence-corrected chi connectivity index (χ2v) is 8.24. The van der Waals surface area contributed by atoms with E-state index in [9.17, 15) is 19.2 Å². The Kier molecular flexibility index (Phi) is 6.27. The highest BCUT2D eigenvalue weighted by Gasteiger charge is 2.37. The molecule has 0 unspecified atom stereocenters. The Hall–Kier alpha value is -4.26. The summed E-state index contributed by atoms with van der Waals surface area (Å²) < 4.78 is 0. The van der Waals surface area contributed by atoms with Gasteiger partial charge in [0.1, 0.15) is 0 Å². The molecule has 1 aliphatic rings. The maximum Gasteiger partial charge on any atom is 0.266 e. The first-order chi connectivity index (χ1) is 16.3. The van der Waals surface area contributed by atoms with Crippen molar-refractivity contribution >= 4 is 29.3 Å². The van der Waals surface area contributed by atoms with Crippen LogP contribution in [0.4, 0.5) is 5.69 Å². The summed E-state index contributed by atoms with van der Waals surface area (Å²) in [5.41, 5.74) is 4.34. The van der Waals surface area contributed by atoms with Crippen LogP contribution in [0.5, 0.6) is 0 Å². The number of benzene rings is 3. The van der Waals surface area contributed by atoms with Gasteiger partial charge in [-0.05, 0) is 73.9 Å². The molecule has 0 saturated heterocycles. The van der Waals surface area contributed by atoms with E-state index in [2.05, 4.69) is 10.6 Å². The lowest BCUT2D eigenvalue weighted by Crippen LogP contribution is -2.30. The Morgan fingerprint density at radius 3 is 2.26 bits per heavy atom. The van der Waals surface area contributed by atoms with Crippen LogP contribution in [0.2, 0.25) is 0 Å². The Labute approximate surface area is 197 Å². The zero-order chi connectivity index (χ0) is 24.4. The minimum absolute atomic E-state index is 0.175. The van der Waals surface area contributed by atoms with E-state index in [0.717, 1.165) is 16.7 Å². The van der Waals surface area contributed by atoms with Crippen LogP contribution < -0.4 is 15.5 Å². The van der Waals surface area contributed by atoms with Crippen molar-refractivity contribution in [3.05, 3.63) is 99.6 Å². The van der Waals surface area contributed by atoms with Gasteiger partial charge in [-0.3, -0.25) is 19.2 Å². The summed E-state index contributed by atoms with van der Waals surface area (Å²) in [4.78, 5) is 52.1. The highest BCUT2D eigenvalue weighted by molar-refractivity contribution is 6.35. The number of nitrogens with one attached hydrogen (secondary N) is 2. The maximum atomic E-state index is 13.1. The van der Waals surface area contributed by atoms with Gasteiger partial charge in [0.05, 0.1) is 16.8 Å². The molecule has 2 N–H and O–H groups in total. The van der Waals surface area contributed by atoms with E-state index in [4.69, 9.17) is 0 Å². The molecule has 0 atom stereocenters. The van der Waals surface area contributed by atoms with Crippen LogP contribution >= 0.6 is 0 Å². The average Bonchev–Trinajstić information content (AvgIpc) is 3.08. The lowest BCUT2D eigenvalue weighted by atomic mass is 10.0. The fraction of sp³-hybridized carbons (Fsp3) is 0.185. The van der Waals surface area contributed by atoms with Crippen molar-refractivity contribution < 1.29 is 19.2 Å².